The van der Waals surface area contributed by atoms with Crippen LogP contribution in [-0.2, 0) is 6.42 Å². The van der Waals surface area contributed by atoms with Crippen LogP contribution in [0, 0.1) is 5.82 Å². The number of H-pyrrole nitrogens is 1. The van der Waals surface area contributed by atoms with Crippen molar-refractivity contribution in [1.29, 1.82) is 0 Å². The number of aromatic amines is 1. The largest absolute Gasteiger partial charge is 0.355 e. The Morgan fingerprint density at radius 2 is 2.05 bits per heavy atom. The highest BCUT2D eigenvalue weighted by molar-refractivity contribution is 14.1. The summed E-state index contributed by atoms with van der Waals surface area (Å²) >= 11 is 2.37. The average Bonchev–Trinajstić information content (AvgIpc) is 3.45. The van der Waals surface area contributed by atoms with Gasteiger partial charge in [0.15, 0.2) is 5.65 Å². The number of aryl methyl sites for hydroxylation is 1. The van der Waals surface area contributed by atoms with Gasteiger partial charge in [-0.25, -0.2) is 18.7 Å². The van der Waals surface area contributed by atoms with E-state index in [1.165, 1.54) is 6.07 Å². The van der Waals surface area contributed by atoms with Gasteiger partial charge in [-0.2, -0.15) is 10.1 Å². The first-order chi connectivity index (χ1) is 19.9. The summed E-state index contributed by atoms with van der Waals surface area (Å²) in [5, 5.41) is 8.52. The van der Waals surface area contributed by atoms with Crippen LogP contribution in [-0.4, -0.2) is 46.7 Å². The SMILES string of the molecule is CC(C)c1nccc(CCCI)c1-n1c(=O)nc(N2CCCC[C@@H]2C)c2cc(F)c(-c3cccc4cn[nH]c34)nc21. The molecular weight excluding hydrogens is 632 g/mol. The quantitative estimate of drug-likeness (QED) is 0.153. The maximum absolute atomic E-state index is 16.1. The lowest BCUT2D eigenvalue weighted by molar-refractivity contribution is 0.481. The van der Waals surface area contributed by atoms with E-state index in [0.29, 0.717) is 33.6 Å². The van der Waals surface area contributed by atoms with E-state index < -0.39 is 11.5 Å². The van der Waals surface area contributed by atoms with Crippen LogP contribution in [0.4, 0.5) is 10.2 Å². The van der Waals surface area contributed by atoms with Crippen LogP contribution in [0.5, 0.6) is 0 Å². The van der Waals surface area contributed by atoms with Gasteiger partial charge in [0.05, 0.1) is 28.5 Å². The number of para-hydroxylation sites is 1. The number of benzene rings is 1. The van der Waals surface area contributed by atoms with Crippen LogP contribution in [0.15, 0.2) is 47.5 Å². The molecule has 0 radical (unpaired) electrons. The molecule has 5 heterocycles. The molecule has 0 amide bonds. The van der Waals surface area contributed by atoms with E-state index in [2.05, 4.69) is 63.4 Å². The zero-order valence-electron chi connectivity index (χ0n) is 23.5. The van der Waals surface area contributed by atoms with Crippen molar-refractivity contribution in [2.24, 2.45) is 0 Å². The minimum Gasteiger partial charge on any atom is -0.353 e. The zero-order valence-corrected chi connectivity index (χ0v) is 25.7. The summed E-state index contributed by atoms with van der Waals surface area (Å²) in [5.41, 5.74) is 3.90. The molecule has 1 N–H and O–H groups in total. The smallest absolute Gasteiger partial charge is 0.353 e. The fourth-order valence-corrected chi connectivity index (χ4v) is 6.33. The number of halogens is 2. The molecule has 1 aliphatic heterocycles. The van der Waals surface area contributed by atoms with Crippen LogP contribution < -0.4 is 10.6 Å². The fourth-order valence-electron chi connectivity index (χ4n) is 5.95. The van der Waals surface area contributed by atoms with Crippen LogP contribution in [0.3, 0.4) is 0 Å². The molecule has 1 aliphatic rings. The molecule has 1 saturated heterocycles. The Balaban J connectivity index is 1.72. The predicted octanol–water partition coefficient (Wildman–Crippen LogP) is 6.73. The molecule has 212 valence electrons. The first-order valence-electron chi connectivity index (χ1n) is 14.3. The third-order valence-electron chi connectivity index (χ3n) is 7.99. The summed E-state index contributed by atoms with van der Waals surface area (Å²) in [6.07, 6.45) is 8.34. The van der Waals surface area contributed by atoms with Crippen molar-refractivity contribution in [3.8, 4) is 16.9 Å². The van der Waals surface area contributed by atoms with E-state index >= 15 is 4.39 Å². The van der Waals surface area contributed by atoms with E-state index in [-0.39, 0.29) is 17.7 Å². The van der Waals surface area contributed by atoms with E-state index in [4.69, 9.17) is 9.97 Å². The molecule has 0 unspecified atom stereocenters. The van der Waals surface area contributed by atoms with Gasteiger partial charge < -0.3 is 4.90 Å². The molecule has 0 spiro atoms. The third-order valence-corrected chi connectivity index (χ3v) is 8.76. The number of hydrogen-bond donors (Lipinski definition) is 1. The van der Waals surface area contributed by atoms with Gasteiger partial charge in [-0.3, -0.25) is 10.1 Å². The van der Waals surface area contributed by atoms with Crippen molar-refractivity contribution in [3.63, 3.8) is 0 Å². The van der Waals surface area contributed by atoms with Gasteiger partial charge in [-0.1, -0.05) is 54.6 Å². The number of fused-ring (bicyclic) bond motifs is 2. The second-order valence-corrected chi connectivity index (χ2v) is 12.2. The Hall–Kier alpha value is -3.41. The van der Waals surface area contributed by atoms with Crippen LogP contribution in [0.25, 0.3) is 38.9 Å². The first kappa shape index (κ1) is 27.7. The van der Waals surface area contributed by atoms with Crippen molar-refractivity contribution in [2.75, 3.05) is 15.9 Å². The van der Waals surface area contributed by atoms with Gasteiger partial charge in [-0.05, 0) is 67.1 Å². The van der Waals surface area contributed by atoms with Gasteiger partial charge in [0.1, 0.15) is 17.3 Å². The van der Waals surface area contributed by atoms with Crippen LogP contribution >= 0.6 is 22.6 Å². The molecule has 8 nitrogen and oxygen atoms in total. The third kappa shape index (κ3) is 5.00. The summed E-state index contributed by atoms with van der Waals surface area (Å²) < 4.78 is 18.7. The van der Waals surface area contributed by atoms with Gasteiger partial charge in [0.2, 0.25) is 0 Å². The van der Waals surface area contributed by atoms with Crippen molar-refractivity contribution >= 4 is 50.3 Å². The van der Waals surface area contributed by atoms with Crippen molar-refractivity contribution in [1.82, 2.24) is 29.7 Å². The number of nitrogens with one attached hydrogen (secondary N) is 1. The number of pyridine rings is 2. The summed E-state index contributed by atoms with van der Waals surface area (Å²) in [4.78, 5) is 30.6. The Labute approximate surface area is 251 Å². The number of nitrogens with zero attached hydrogens (tertiary/aromatic N) is 6. The van der Waals surface area contributed by atoms with Crippen molar-refractivity contribution < 1.29 is 4.39 Å². The van der Waals surface area contributed by atoms with Crippen LogP contribution in [0.2, 0.25) is 0 Å². The summed E-state index contributed by atoms with van der Waals surface area (Å²) in [6, 6.07) is 9.26. The van der Waals surface area contributed by atoms with E-state index in [9.17, 15) is 4.79 Å². The second-order valence-electron chi connectivity index (χ2n) is 11.1. The molecule has 1 aromatic carbocycles. The standard InChI is InChI=1S/C31H33FIN7O/c1-18(2)25-28(20(10-7-13-33)12-14-34-25)40-30-23(29(37-31(40)41)39-15-5-4-8-19(39)3)16-24(32)27(36-30)22-11-6-9-21-17-35-38-26(21)22/h6,9,11-12,14,16-19H,4-5,7-8,10,13,15H2,1-3H3,(H,35,38)/t19-/m0/s1. The summed E-state index contributed by atoms with van der Waals surface area (Å²) in [7, 11) is 0. The van der Waals surface area contributed by atoms with Crippen molar-refractivity contribution in [2.45, 2.75) is 64.8 Å². The summed E-state index contributed by atoms with van der Waals surface area (Å²) in [6.45, 7) is 7.02. The van der Waals surface area contributed by atoms with Crippen LogP contribution in [0.1, 0.15) is 63.6 Å². The highest BCUT2D eigenvalue weighted by atomic mass is 127. The fraction of sp³-hybridized carbons (Fsp3) is 0.387. The van der Waals surface area contributed by atoms with E-state index in [1.807, 2.05) is 30.5 Å². The second kappa shape index (κ2) is 11.5. The Bertz CT molecular complexity index is 1800. The number of piperidine rings is 1. The molecule has 10 heteroatoms. The molecule has 6 rings (SSSR count). The topological polar surface area (TPSA) is 92.6 Å². The number of hydrogen-bond acceptors (Lipinski definition) is 6. The average molecular weight is 666 g/mol. The minimum absolute atomic E-state index is 0.0481. The molecule has 0 aliphatic carbocycles. The lowest BCUT2D eigenvalue weighted by Gasteiger charge is -2.35. The molecule has 41 heavy (non-hydrogen) atoms. The molecule has 1 fully saturated rings. The first-order valence-corrected chi connectivity index (χ1v) is 15.8. The molecule has 4 aromatic heterocycles. The van der Waals surface area contributed by atoms with Gasteiger partial charge in [0.25, 0.3) is 0 Å². The molecular formula is C31H33FIN7O. The highest BCUT2D eigenvalue weighted by Gasteiger charge is 2.28. The lowest BCUT2D eigenvalue weighted by atomic mass is 10.0. The number of aromatic nitrogens is 6. The molecule has 5 aromatic rings. The van der Waals surface area contributed by atoms with Gasteiger partial charge >= 0.3 is 5.69 Å². The minimum atomic E-state index is -0.474. The molecule has 0 saturated carbocycles. The normalized spacial score (nSPS) is 15.9. The number of anilines is 1. The Morgan fingerprint density at radius 3 is 2.83 bits per heavy atom. The Kier molecular flexibility index (Phi) is 7.76. The molecule has 1 atom stereocenters. The van der Waals surface area contributed by atoms with E-state index in [0.717, 1.165) is 59.7 Å². The lowest BCUT2D eigenvalue weighted by Crippen LogP contribution is -2.40. The molecule has 0 bridgehead atoms. The maximum Gasteiger partial charge on any atom is 0.355 e. The zero-order chi connectivity index (χ0) is 28.7. The Morgan fingerprint density at radius 1 is 1.20 bits per heavy atom. The van der Waals surface area contributed by atoms with Gasteiger partial charge in [0, 0.05) is 29.7 Å². The van der Waals surface area contributed by atoms with E-state index in [1.54, 1.807) is 10.8 Å². The van der Waals surface area contributed by atoms with Gasteiger partial charge in [-0.15, -0.1) is 0 Å². The predicted molar refractivity (Wildman–Crippen MR) is 170 cm³/mol. The summed E-state index contributed by atoms with van der Waals surface area (Å²) in [5.74, 6) is 0.0693. The number of rotatable bonds is 7. The van der Waals surface area contributed by atoms with Crippen molar-refractivity contribution in [3.05, 3.63) is 70.3 Å². The number of alkyl halides is 1. The monoisotopic (exact) mass is 665 g/mol. The highest BCUT2D eigenvalue weighted by Crippen LogP contribution is 2.35. The maximum atomic E-state index is 16.1.